The number of rotatable bonds is 34. The van der Waals surface area contributed by atoms with Crippen molar-refractivity contribution in [3.63, 3.8) is 0 Å². The van der Waals surface area contributed by atoms with Crippen LogP contribution in [-0.2, 0) is 57.6 Å². The number of aromatic nitrogens is 3. The fraction of sp³-hybridized carbons (Fsp3) is 0.667. The molecular formula is C54H84N12O15. The zero-order valence-corrected chi connectivity index (χ0v) is 46.8. The molecule has 4 rings (SSSR count). The first-order valence-corrected chi connectivity index (χ1v) is 27.9. The third kappa shape index (κ3) is 27.4. The average Bonchev–Trinajstić information content (AvgIpc) is 3.39. The third-order valence-corrected chi connectivity index (χ3v) is 14.2. The first-order chi connectivity index (χ1) is 38.6. The third-order valence-electron chi connectivity index (χ3n) is 14.2. The Labute approximate surface area is 472 Å². The fourth-order valence-corrected chi connectivity index (χ4v) is 9.73. The monoisotopic (exact) mass is 1140 g/mol. The van der Waals surface area contributed by atoms with Crippen LogP contribution in [-0.4, -0.2) is 254 Å². The molecule has 450 valence electrons. The summed E-state index contributed by atoms with van der Waals surface area (Å²) in [5, 5.41) is 64.3. The van der Waals surface area contributed by atoms with Crippen LogP contribution in [0.5, 0.6) is 0 Å². The van der Waals surface area contributed by atoms with Gasteiger partial charge in [-0.25, -0.2) is 19.4 Å². The highest BCUT2D eigenvalue weighted by atomic mass is 16.4. The minimum atomic E-state index is -1.50. The maximum atomic E-state index is 12.5. The van der Waals surface area contributed by atoms with Crippen LogP contribution in [0.25, 0.3) is 0 Å². The van der Waals surface area contributed by atoms with Gasteiger partial charge in [-0.05, 0) is 70.0 Å². The number of ketones is 1. The van der Waals surface area contributed by atoms with Gasteiger partial charge in [0.1, 0.15) is 29.5 Å². The molecule has 0 spiro atoms. The molecule has 1 aromatic heterocycles. The van der Waals surface area contributed by atoms with E-state index < -0.39 is 66.4 Å². The Kier molecular flexibility index (Phi) is 29.4. The average molecular weight is 1140 g/mol. The van der Waals surface area contributed by atoms with E-state index in [2.05, 4.69) is 32.8 Å². The number of amides is 3. The van der Waals surface area contributed by atoms with Gasteiger partial charge in [0.15, 0.2) is 0 Å². The van der Waals surface area contributed by atoms with Gasteiger partial charge in [-0.3, -0.25) is 48.4 Å². The minimum Gasteiger partial charge on any atom is -0.481 e. The summed E-state index contributed by atoms with van der Waals surface area (Å²) in [4.78, 5) is 133. The van der Waals surface area contributed by atoms with Gasteiger partial charge in [-0.2, -0.15) is 9.97 Å². The van der Waals surface area contributed by atoms with E-state index in [1.165, 1.54) is 6.92 Å². The predicted molar refractivity (Wildman–Crippen MR) is 295 cm³/mol. The Balaban J connectivity index is 1.30. The second-order valence-corrected chi connectivity index (χ2v) is 21.0. The van der Waals surface area contributed by atoms with Crippen LogP contribution >= 0.6 is 0 Å². The quantitative estimate of drug-likeness (QED) is 0.0438. The largest absolute Gasteiger partial charge is 0.481 e. The molecule has 3 amide bonds. The lowest BCUT2D eigenvalue weighted by molar-refractivity contribution is -0.141. The molecule has 1 aromatic carbocycles. The number of hydrogen-bond donors (Lipinski definition) is 9. The summed E-state index contributed by atoms with van der Waals surface area (Å²) in [6.07, 6.45) is 7.07. The highest BCUT2D eigenvalue weighted by molar-refractivity contribution is 5.86. The second-order valence-electron chi connectivity index (χ2n) is 21.0. The standard InChI is InChI=1S/C54H84N12O15/c1-38(67)33-62-23-24-63(35-48(71)72)25-26-64(36-49(73)74)34-41(66(30-27-62)37-50(75)76)31-39-14-16-40(17-15-39)32-45-58-44(59-53(60-45)65-28-21-61(2)22-29-65)12-7-5-3-4-6-8-13-46(68)55-20-10-9-11-42(51(77)78)56-54(81)57-43(52(79)80)18-19-47(69)70/h14-17,41-43H,3-13,18-37H2,1-2H3,(H,55,68)(H,69,70)(H,71,72)(H,73,74)(H,75,76)(H,77,78)(H,79,80)(H2,56,57,81)/t41?,42-,43-/m0/s1. The zero-order chi connectivity index (χ0) is 59.3. The Morgan fingerprint density at radius 3 is 1.70 bits per heavy atom. The highest BCUT2D eigenvalue weighted by Gasteiger charge is 2.29. The van der Waals surface area contributed by atoms with Crippen molar-refractivity contribution in [1.29, 1.82) is 0 Å². The molecule has 27 nitrogen and oxygen atoms in total. The maximum absolute atomic E-state index is 12.5. The molecule has 81 heavy (non-hydrogen) atoms. The Morgan fingerprint density at radius 1 is 0.556 bits per heavy atom. The lowest BCUT2D eigenvalue weighted by Gasteiger charge is -2.37. The summed E-state index contributed by atoms with van der Waals surface area (Å²) >= 11 is 0. The molecule has 2 fully saturated rings. The number of aliphatic carboxylic acids is 6. The molecule has 2 aromatic rings. The van der Waals surface area contributed by atoms with Gasteiger partial charge in [0.2, 0.25) is 11.9 Å². The van der Waals surface area contributed by atoms with Crippen LogP contribution in [0.3, 0.4) is 0 Å². The summed E-state index contributed by atoms with van der Waals surface area (Å²) in [5.74, 6) is -5.33. The predicted octanol–water partition coefficient (Wildman–Crippen LogP) is 0.820. The lowest BCUT2D eigenvalue weighted by Crippen LogP contribution is -2.53. The number of hydrogen-bond acceptors (Lipinski definition) is 18. The molecule has 1 unspecified atom stereocenters. The van der Waals surface area contributed by atoms with E-state index in [4.69, 9.17) is 20.1 Å². The van der Waals surface area contributed by atoms with Gasteiger partial charge in [-0.15, -0.1) is 0 Å². The molecule has 27 heteroatoms. The number of nitrogens with one attached hydrogen (secondary N) is 3. The number of aryl methyl sites for hydroxylation is 1. The zero-order valence-electron chi connectivity index (χ0n) is 46.8. The van der Waals surface area contributed by atoms with Gasteiger partial charge < -0.3 is 56.4 Å². The van der Waals surface area contributed by atoms with Gasteiger partial charge in [0.25, 0.3) is 0 Å². The number of anilines is 1. The SMILES string of the molecule is CC(=O)CN1CCN(CC(=O)O)CCN(CC(=O)O)CC(Cc2ccc(Cc3nc(CCCCCCCCC(=O)NCCCC[C@H](NC(=O)N[C@@H](CCC(=O)O)C(=O)O)C(=O)O)nc(N4CCN(C)CC4)n3)cc2)N(CC(=O)O)CC1. The number of urea groups is 1. The number of carboxylic acids is 6. The van der Waals surface area contributed by atoms with Crippen molar-refractivity contribution in [2.24, 2.45) is 0 Å². The van der Waals surface area contributed by atoms with E-state index in [1.54, 1.807) is 9.80 Å². The van der Waals surface area contributed by atoms with Crippen molar-refractivity contribution >= 4 is 59.5 Å². The molecule has 3 atom stereocenters. The normalized spacial score (nSPS) is 17.2. The van der Waals surface area contributed by atoms with Crippen molar-refractivity contribution in [2.75, 3.05) is 117 Å². The van der Waals surface area contributed by atoms with E-state index in [9.17, 15) is 68.7 Å². The molecule has 2 aliphatic heterocycles. The summed E-state index contributed by atoms with van der Waals surface area (Å²) in [6.45, 7) is 6.38. The van der Waals surface area contributed by atoms with Crippen LogP contribution in [0.15, 0.2) is 24.3 Å². The summed E-state index contributed by atoms with van der Waals surface area (Å²) in [5.41, 5.74) is 1.86. The lowest BCUT2D eigenvalue weighted by atomic mass is 10.0. The number of piperazine rings is 1. The minimum absolute atomic E-state index is 0.0312. The number of nitrogens with zero attached hydrogens (tertiary/aromatic N) is 9. The molecule has 3 heterocycles. The van der Waals surface area contributed by atoms with Crippen LogP contribution in [0.2, 0.25) is 0 Å². The van der Waals surface area contributed by atoms with Gasteiger partial charge in [-0.1, -0.05) is 49.9 Å². The molecule has 0 saturated carbocycles. The van der Waals surface area contributed by atoms with Crippen molar-refractivity contribution < 1.29 is 73.8 Å². The Bertz CT molecular complexity index is 2380. The molecule has 0 bridgehead atoms. The van der Waals surface area contributed by atoms with Crippen molar-refractivity contribution in [1.82, 2.24) is 55.4 Å². The van der Waals surface area contributed by atoms with E-state index in [-0.39, 0.29) is 76.9 Å². The summed E-state index contributed by atoms with van der Waals surface area (Å²) in [7, 11) is 2.08. The van der Waals surface area contributed by atoms with Gasteiger partial charge in [0.05, 0.1) is 26.2 Å². The van der Waals surface area contributed by atoms with Gasteiger partial charge in [0, 0.05) is 110 Å². The van der Waals surface area contributed by atoms with Crippen LogP contribution in [0.4, 0.5) is 10.7 Å². The Morgan fingerprint density at radius 2 is 1.10 bits per heavy atom. The number of Topliss-reactive ketones (excluding diaryl/α,β-unsaturated/α-hetero) is 1. The van der Waals surface area contributed by atoms with E-state index in [0.29, 0.717) is 88.7 Å². The number of carbonyl (C=O) groups is 9. The molecule has 0 aliphatic carbocycles. The number of unbranched alkanes of at least 4 members (excludes halogenated alkanes) is 6. The molecular weight excluding hydrogens is 1060 g/mol. The summed E-state index contributed by atoms with van der Waals surface area (Å²) in [6, 6.07) is 3.65. The molecule has 9 N–H and O–H groups in total. The van der Waals surface area contributed by atoms with Crippen LogP contribution in [0.1, 0.15) is 107 Å². The second kappa shape index (κ2) is 35.7. The topological polar surface area (TPSA) is 369 Å². The first kappa shape index (κ1) is 66.6. The number of benzene rings is 1. The van der Waals surface area contributed by atoms with Crippen LogP contribution in [0, 0.1) is 0 Å². The molecule has 2 aliphatic rings. The van der Waals surface area contributed by atoms with Crippen molar-refractivity contribution in [3.8, 4) is 0 Å². The van der Waals surface area contributed by atoms with E-state index in [1.807, 2.05) is 34.1 Å². The van der Waals surface area contributed by atoms with Crippen molar-refractivity contribution in [2.45, 2.75) is 121 Å². The van der Waals surface area contributed by atoms with Crippen LogP contribution < -0.4 is 20.9 Å². The van der Waals surface area contributed by atoms with E-state index in [0.717, 1.165) is 69.4 Å². The Hall–Kier alpha value is -6.94. The van der Waals surface area contributed by atoms with Crippen molar-refractivity contribution in [3.05, 3.63) is 47.0 Å². The number of carbonyl (C=O) groups excluding carboxylic acids is 3. The molecule has 2 saturated heterocycles. The maximum Gasteiger partial charge on any atom is 0.326 e. The van der Waals surface area contributed by atoms with Gasteiger partial charge >= 0.3 is 41.8 Å². The fourth-order valence-electron chi connectivity index (χ4n) is 9.73. The smallest absolute Gasteiger partial charge is 0.326 e. The van der Waals surface area contributed by atoms with E-state index >= 15 is 0 Å². The number of carboxylic acid groups (broad SMARTS) is 6. The molecule has 0 radical (unpaired) electrons. The highest BCUT2D eigenvalue weighted by Crippen LogP contribution is 2.19. The summed E-state index contributed by atoms with van der Waals surface area (Å²) < 4.78 is 0. The first-order valence-electron chi connectivity index (χ1n) is 27.9. The number of likely N-dealkylation sites (N-methyl/N-ethyl adjacent to an activating group) is 1.